The Bertz CT molecular complexity index is 2780. The third-order valence-corrected chi connectivity index (χ3v) is 17.4. The second-order valence-electron chi connectivity index (χ2n) is 28.6. The second-order valence-corrected chi connectivity index (χ2v) is 28.6. The number of hydrogen-bond donors (Lipinski definition) is 9. The average Bonchev–Trinajstić information content (AvgIpc) is 0.804. The Morgan fingerprint density at radius 2 is 0.888 bits per heavy atom. The van der Waals surface area contributed by atoms with Gasteiger partial charge in [0.05, 0.1) is 25.5 Å². The van der Waals surface area contributed by atoms with Gasteiger partial charge in [-0.05, 0) is 101 Å². The smallest absolute Gasteiger partial charge is 0.336 e. The molecule has 0 aromatic rings. The van der Waals surface area contributed by atoms with E-state index in [4.69, 9.17) is 20.4 Å². The number of amides is 11. The minimum Gasteiger partial charge on any atom is -0.481 e. The number of allylic oxidation sites excluding steroid dienone is 2. The van der Waals surface area contributed by atoms with E-state index in [1.807, 2.05) is 61.5 Å². The first-order chi connectivity index (χ1) is 45.0. The van der Waals surface area contributed by atoms with Gasteiger partial charge in [0, 0.05) is 49.3 Å². The summed E-state index contributed by atoms with van der Waals surface area (Å²) in [5, 5.41) is 56.9. The Labute approximate surface area is 579 Å². The fourth-order valence-electron chi connectivity index (χ4n) is 11.4. The van der Waals surface area contributed by atoms with Crippen molar-refractivity contribution in [1.29, 1.82) is 0 Å². The van der Waals surface area contributed by atoms with Gasteiger partial charge in [-0.3, -0.25) is 62.3 Å². The summed E-state index contributed by atoms with van der Waals surface area (Å²) in [5.41, 5.74) is -2.74. The summed E-state index contributed by atoms with van der Waals surface area (Å²) in [6, 6.07) is -12.3. The molecule has 98 heavy (non-hydrogen) atoms. The highest BCUT2D eigenvalue weighted by Gasteiger charge is 2.46. The van der Waals surface area contributed by atoms with Gasteiger partial charge in [0.2, 0.25) is 65.0 Å². The minimum atomic E-state index is -2.74. The molecule has 11 amide bonds. The van der Waals surface area contributed by atoms with Crippen molar-refractivity contribution in [2.24, 2.45) is 41.4 Å². The number of aliphatic carboxylic acids is 3. The van der Waals surface area contributed by atoms with Gasteiger partial charge in [0.1, 0.15) is 60.4 Å². The molecule has 0 aliphatic carbocycles. The maximum absolute atomic E-state index is 15.1. The number of nitrogens with one attached hydrogen (secondary N) is 4. The van der Waals surface area contributed by atoms with Crippen molar-refractivity contribution in [3.8, 4) is 0 Å². The highest BCUT2D eigenvalue weighted by atomic mass is 16.4. The van der Waals surface area contributed by atoms with Crippen molar-refractivity contribution >= 4 is 82.9 Å². The molecule has 1 fully saturated rings. The molecule has 1 heterocycles. The number of likely N-dealkylation sites (N-methyl/N-ethyl adjacent to an activating group) is 7. The largest absolute Gasteiger partial charge is 0.481 e. The maximum Gasteiger partial charge on any atom is 0.336 e. The predicted octanol–water partition coefficient (Wildman–Crippen LogP) is 2.02. The maximum atomic E-state index is 15.1. The molecule has 0 saturated carbocycles. The van der Waals surface area contributed by atoms with E-state index in [-0.39, 0.29) is 55.8 Å². The predicted molar refractivity (Wildman–Crippen MR) is 366 cm³/mol. The summed E-state index contributed by atoms with van der Waals surface area (Å²) in [4.78, 5) is 199. The van der Waals surface area contributed by atoms with Crippen LogP contribution in [0.5, 0.6) is 0 Å². The van der Waals surface area contributed by atoms with Crippen LogP contribution in [0.25, 0.3) is 0 Å². The van der Waals surface area contributed by atoms with Crippen LogP contribution in [-0.2, 0) is 67.1 Å². The van der Waals surface area contributed by atoms with Gasteiger partial charge in [-0.2, -0.15) is 0 Å². The van der Waals surface area contributed by atoms with E-state index in [0.29, 0.717) is 6.42 Å². The van der Waals surface area contributed by atoms with E-state index in [1.54, 1.807) is 54.5 Å². The SMILES string of the molecule is C/C=C/C[C@@H](C)[C@@H](O)[C@H]1C(=O)N[C@@H](CC)C(=O)N(C)CC(=O)N(C)[C@@H](CC(C)C)C(=O)N[C@@H](C(C)C)C(=O)N(C)[C@@H](CC(C)C)C(=O)N[C@@H](C)C(=O)N[C@H](C)C(=O)N(C)[C@@H](CC(C)C)C(=O)N(C)[C@@H](CC(C)C)C(=O)N(C)[C@@H](C(C)C)C(=O)N1C.O=C(O)CC(O)(CC(=O)O)C(=O)O. The molecule has 0 aromatic carbocycles. The number of hydrogen-bond acceptors (Lipinski definition) is 16. The van der Waals surface area contributed by atoms with E-state index >= 15 is 9.59 Å². The third-order valence-electron chi connectivity index (χ3n) is 17.4. The lowest BCUT2D eigenvalue weighted by Gasteiger charge is -2.41. The Hall–Kier alpha value is -7.76. The fraction of sp³-hybridized carbons (Fsp3) is 0.765. The number of carboxylic acid groups (broad SMARTS) is 3. The van der Waals surface area contributed by atoms with Crippen molar-refractivity contribution in [1.82, 2.24) is 55.6 Å². The van der Waals surface area contributed by atoms with Gasteiger partial charge < -0.3 is 81.1 Å². The zero-order valence-electron chi connectivity index (χ0n) is 62.5. The average molecular weight is 1390 g/mol. The van der Waals surface area contributed by atoms with E-state index in [9.17, 15) is 62.6 Å². The standard InChI is InChI=1S/C62H111N11O12.C6H8O7/c1-25-27-28-40(15)52(75)51-56(79)65-43(26-2)58(81)67(18)33-48(74)68(19)44(29-34(3)4)55(78)66-49(38(11)12)61(84)69(20)45(30-35(5)6)54(77)63-41(16)53(76)64-42(17)57(80)70(21)46(31-36(7)8)59(82)71(22)47(32-37(9)10)60(83)72(23)50(39(13)14)62(85)73(51)24;7-3(8)1-6(13,5(11)12)2-4(9)10/h25,27,34-47,49-52,75H,26,28-33H2,1-24H3,(H,63,77)(H,64,76)(H,65,79)(H,66,78);13H,1-2H2,(H,7,8)(H,9,10)(H,11,12)/b27-25+;/t40-,41+,42-,43+,44+,45+,46+,47+,49+,50+,51+,52-;/m1./s1. The van der Waals surface area contributed by atoms with Crippen LogP contribution in [0.4, 0.5) is 0 Å². The summed E-state index contributed by atoms with van der Waals surface area (Å²) >= 11 is 0. The Balaban J connectivity index is 0.00000648. The lowest BCUT2D eigenvalue weighted by Crippen LogP contribution is -2.63. The number of aliphatic hydroxyl groups is 2. The number of rotatable bonds is 20. The zero-order valence-corrected chi connectivity index (χ0v) is 62.5. The summed E-state index contributed by atoms with van der Waals surface area (Å²) in [7, 11) is 9.92. The van der Waals surface area contributed by atoms with Crippen molar-refractivity contribution in [2.45, 2.75) is 241 Å². The van der Waals surface area contributed by atoms with Crippen molar-refractivity contribution < 1.29 is 92.7 Å². The van der Waals surface area contributed by atoms with Gasteiger partial charge in [0.25, 0.3) is 0 Å². The van der Waals surface area contributed by atoms with Crippen LogP contribution in [0.1, 0.15) is 169 Å². The van der Waals surface area contributed by atoms with Gasteiger partial charge in [-0.1, -0.05) is 109 Å². The molecule has 9 N–H and O–H groups in total. The highest BCUT2D eigenvalue weighted by Crippen LogP contribution is 2.26. The molecule has 1 rings (SSSR count). The summed E-state index contributed by atoms with van der Waals surface area (Å²) in [6.45, 7) is 29.3. The molecular weight excluding hydrogens is 1270 g/mol. The molecule has 1 aliphatic rings. The second kappa shape index (κ2) is 41.0. The molecule has 1 aliphatic heterocycles. The van der Waals surface area contributed by atoms with Gasteiger partial charge >= 0.3 is 17.9 Å². The molecule has 0 spiro atoms. The number of aliphatic hydroxyl groups excluding tert-OH is 1. The molecule has 1 saturated heterocycles. The van der Waals surface area contributed by atoms with E-state index in [0.717, 1.165) is 9.80 Å². The van der Waals surface area contributed by atoms with Crippen LogP contribution < -0.4 is 21.3 Å². The molecule has 12 atom stereocenters. The van der Waals surface area contributed by atoms with E-state index in [2.05, 4.69) is 21.3 Å². The highest BCUT2D eigenvalue weighted by molar-refractivity contribution is 6.00. The molecule has 30 nitrogen and oxygen atoms in total. The number of nitrogens with zero attached hydrogens (tertiary/aromatic N) is 7. The minimum absolute atomic E-state index is 0.0229. The lowest BCUT2D eigenvalue weighted by atomic mass is 9.91. The van der Waals surface area contributed by atoms with Crippen LogP contribution in [0.3, 0.4) is 0 Å². The summed E-state index contributed by atoms with van der Waals surface area (Å²) < 4.78 is 0. The molecule has 0 bridgehead atoms. The summed E-state index contributed by atoms with van der Waals surface area (Å²) in [5.74, 6) is -14.7. The molecule has 30 heteroatoms. The fourth-order valence-corrected chi connectivity index (χ4v) is 11.4. The van der Waals surface area contributed by atoms with Gasteiger partial charge in [-0.15, -0.1) is 0 Å². The number of carbonyl (C=O) groups excluding carboxylic acids is 11. The zero-order chi connectivity index (χ0) is 76.6. The summed E-state index contributed by atoms with van der Waals surface area (Å²) in [6.07, 6.45) is 0.754. The lowest BCUT2D eigenvalue weighted by molar-refractivity contribution is -0.170. The van der Waals surface area contributed by atoms with Crippen LogP contribution >= 0.6 is 0 Å². The number of carboxylic acids is 3. The van der Waals surface area contributed by atoms with Crippen LogP contribution in [0.15, 0.2) is 12.2 Å². The molecule has 0 radical (unpaired) electrons. The van der Waals surface area contributed by atoms with Gasteiger partial charge in [0.15, 0.2) is 5.60 Å². The first-order valence-electron chi connectivity index (χ1n) is 33.7. The topological polar surface area (TPSA) is 411 Å². The van der Waals surface area contributed by atoms with Crippen molar-refractivity contribution in [3.63, 3.8) is 0 Å². The first kappa shape index (κ1) is 90.2. The molecule has 0 unspecified atom stereocenters. The van der Waals surface area contributed by atoms with Crippen LogP contribution in [0, 0.1) is 41.4 Å². The molecular formula is C68H119N11O19. The molecule has 560 valence electrons. The third kappa shape index (κ3) is 26.8. The Kier molecular flexibility index (Phi) is 37.7. The van der Waals surface area contributed by atoms with E-state index < -0.39 is 192 Å². The van der Waals surface area contributed by atoms with Crippen LogP contribution in [-0.4, -0.2) is 271 Å². The van der Waals surface area contributed by atoms with E-state index in [1.165, 1.54) is 87.7 Å². The van der Waals surface area contributed by atoms with Gasteiger partial charge in [-0.25, -0.2) is 4.79 Å². The number of carbonyl (C=O) groups is 14. The normalized spacial score (nSPS) is 24.8. The Morgan fingerprint density at radius 3 is 1.30 bits per heavy atom. The first-order valence-corrected chi connectivity index (χ1v) is 33.7. The monoisotopic (exact) mass is 1390 g/mol. The molecule has 0 aromatic heterocycles. The van der Waals surface area contributed by atoms with Crippen molar-refractivity contribution in [3.05, 3.63) is 12.2 Å². The Morgan fingerprint density at radius 1 is 0.490 bits per heavy atom. The van der Waals surface area contributed by atoms with Crippen molar-refractivity contribution in [2.75, 3.05) is 55.9 Å². The quantitative estimate of drug-likeness (QED) is 0.0787. The van der Waals surface area contributed by atoms with Crippen LogP contribution in [0.2, 0.25) is 0 Å².